The van der Waals surface area contributed by atoms with E-state index in [-0.39, 0.29) is 11.9 Å². The number of hydrogen-bond donors (Lipinski definition) is 1. The molecule has 0 saturated carbocycles. The van der Waals surface area contributed by atoms with Crippen LogP contribution in [0, 0.1) is 13.8 Å². The first-order valence-electron chi connectivity index (χ1n) is 10.8. The monoisotopic (exact) mass is 434 g/mol. The Bertz CT molecular complexity index is 1030. The molecular weight excluding hydrogens is 404 g/mol. The molecule has 1 N–H and O–H groups in total. The summed E-state index contributed by atoms with van der Waals surface area (Å²) in [5, 5.41) is 6.34. The quantitative estimate of drug-likeness (QED) is 0.617. The lowest BCUT2D eigenvalue weighted by atomic mass is 10.1. The van der Waals surface area contributed by atoms with Crippen molar-refractivity contribution in [1.29, 1.82) is 0 Å². The van der Waals surface area contributed by atoms with Crippen LogP contribution in [0.4, 0.5) is 5.69 Å². The summed E-state index contributed by atoms with van der Waals surface area (Å²) >= 11 is 1.70. The number of thiazole rings is 1. The molecule has 4 rings (SSSR count). The molecule has 1 fully saturated rings. The topological polar surface area (TPSA) is 48.5 Å². The Morgan fingerprint density at radius 2 is 1.84 bits per heavy atom. The highest BCUT2D eigenvalue weighted by atomic mass is 32.1. The van der Waals surface area contributed by atoms with Gasteiger partial charge in [0.25, 0.3) is 0 Å². The van der Waals surface area contributed by atoms with Crippen molar-refractivity contribution in [2.24, 2.45) is 0 Å². The SMILES string of the molecule is Cc1ccc(NC(=O)[C@H](C)N2CCN(Cc3csc(-c4ccccc4)n3)CC2)c(C)c1. The highest BCUT2D eigenvalue weighted by Gasteiger charge is 2.26. The number of hydrogen-bond acceptors (Lipinski definition) is 5. The number of nitrogens with zero attached hydrogens (tertiary/aromatic N) is 3. The van der Waals surface area contributed by atoms with Crippen LogP contribution in [-0.2, 0) is 11.3 Å². The van der Waals surface area contributed by atoms with E-state index in [0.29, 0.717) is 0 Å². The average Bonchev–Trinajstić information content (AvgIpc) is 3.25. The van der Waals surface area contributed by atoms with Crippen LogP contribution in [-0.4, -0.2) is 52.9 Å². The molecule has 0 spiro atoms. The summed E-state index contributed by atoms with van der Waals surface area (Å²) in [6, 6.07) is 16.3. The first-order valence-corrected chi connectivity index (χ1v) is 11.7. The van der Waals surface area contributed by atoms with Crippen LogP contribution in [0.3, 0.4) is 0 Å². The maximum Gasteiger partial charge on any atom is 0.241 e. The van der Waals surface area contributed by atoms with Crippen LogP contribution in [0.5, 0.6) is 0 Å². The van der Waals surface area contributed by atoms with Gasteiger partial charge >= 0.3 is 0 Å². The molecule has 1 amide bonds. The zero-order valence-corrected chi connectivity index (χ0v) is 19.3. The largest absolute Gasteiger partial charge is 0.324 e. The van der Waals surface area contributed by atoms with E-state index < -0.39 is 0 Å². The van der Waals surface area contributed by atoms with Gasteiger partial charge in [0.15, 0.2) is 0 Å². The Labute approximate surface area is 188 Å². The molecule has 3 aromatic rings. The van der Waals surface area contributed by atoms with Crippen LogP contribution in [0.15, 0.2) is 53.9 Å². The van der Waals surface area contributed by atoms with E-state index in [4.69, 9.17) is 4.98 Å². The zero-order chi connectivity index (χ0) is 21.8. The molecule has 1 atom stereocenters. The van der Waals surface area contributed by atoms with E-state index in [1.807, 2.05) is 44.2 Å². The van der Waals surface area contributed by atoms with Gasteiger partial charge in [0.1, 0.15) is 5.01 Å². The second kappa shape index (κ2) is 9.73. The minimum atomic E-state index is -0.146. The molecule has 0 bridgehead atoms. The molecule has 1 aliphatic rings. The van der Waals surface area contributed by atoms with Gasteiger partial charge in [0.05, 0.1) is 11.7 Å². The Hall–Kier alpha value is -2.54. The van der Waals surface area contributed by atoms with Crippen molar-refractivity contribution in [1.82, 2.24) is 14.8 Å². The van der Waals surface area contributed by atoms with Gasteiger partial charge in [-0.05, 0) is 32.4 Å². The molecule has 1 aliphatic heterocycles. The number of aromatic nitrogens is 1. The fraction of sp³-hybridized carbons (Fsp3) is 0.360. The van der Waals surface area contributed by atoms with Crippen molar-refractivity contribution in [2.75, 3.05) is 31.5 Å². The fourth-order valence-electron chi connectivity index (χ4n) is 3.99. The Kier molecular flexibility index (Phi) is 6.80. The summed E-state index contributed by atoms with van der Waals surface area (Å²) in [5.41, 5.74) is 5.50. The molecule has 0 aliphatic carbocycles. The Balaban J connectivity index is 1.28. The van der Waals surface area contributed by atoms with Crippen LogP contribution in [0.25, 0.3) is 10.6 Å². The molecule has 0 radical (unpaired) electrons. The minimum Gasteiger partial charge on any atom is -0.324 e. The first kappa shape index (κ1) is 21.7. The molecule has 2 aromatic carbocycles. The van der Waals surface area contributed by atoms with Gasteiger partial charge in [-0.25, -0.2) is 4.98 Å². The molecule has 5 nitrogen and oxygen atoms in total. The molecule has 1 aromatic heterocycles. The van der Waals surface area contributed by atoms with Gasteiger partial charge in [-0.1, -0.05) is 48.0 Å². The standard InChI is InChI=1S/C25H30N4OS/c1-18-9-10-23(19(2)15-18)27-24(30)20(3)29-13-11-28(12-14-29)16-22-17-31-25(26-22)21-7-5-4-6-8-21/h4-10,15,17,20H,11-14,16H2,1-3H3,(H,27,30)/t20-/m0/s1. The molecule has 162 valence electrons. The van der Waals surface area contributed by atoms with Crippen LogP contribution < -0.4 is 5.32 Å². The molecule has 1 saturated heterocycles. The van der Waals surface area contributed by atoms with E-state index in [9.17, 15) is 4.79 Å². The van der Waals surface area contributed by atoms with Crippen molar-refractivity contribution in [3.8, 4) is 10.6 Å². The van der Waals surface area contributed by atoms with Gasteiger partial charge in [0, 0.05) is 49.4 Å². The minimum absolute atomic E-state index is 0.0624. The van der Waals surface area contributed by atoms with Gasteiger partial charge in [-0.2, -0.15) is 0 Å². The highest BCUT2D eigenvalue weighted by Crippen LogP contribution is 2.24. The lowest BCUT2D eigenvalue weighted by Crippen LogP contribution is -2.52. The number of rotatable bonds is 6. The fourth-order valence-corrected chi connectivity index (χ4v) is 4.80. The molecular formula is C25H30N4OS. The van der Waals surface area contributed by atoms with Gasteiger partial charge in [0.2, 0.25) is 5.91 Å². The number of piperazine rings is 1. The maximum atomic E-state index is 12.8. The number of nitrogens with one attached hydrogen (secondary N) is 1. The second-order valence-electron chi connectivity index (χ2n) is 8.31. The number of carbonyl (C=O) groups excluding carboxylic acids is 1. The van der Waals surface area contributed by atoms with Crippen molar-refractivity contribution in [2.45, 2.75) is 33.4 Å². The van der Waals surface area contributed by atoms with E-state index in [1.54, 1.807) is 11.3 Å². The molecule has 31 heavy (non-hydrogen) atoms. The summed E-state index contributed by atoms with van der Waals surface area (Å²) in [4.78, 5) is 22.3. The number of amides is 1. The third kappa shape index (κ3) is 5.39. The average molecular weight is 435 g/mol. The van der Waals surface area contributed by atoms with Crippen molar-refractivity contribution >= 4 is 22.9 Å². The van der Waals surface area contributed by atoms with E-state index in [2.05, 4.69) is 45.6 Å². The Morgan fingerprint density at radius 3 is 2.55 bits per heavy atom. The summed E-state index contributed by atoms with van der Waals surface area (Å²) in [5.74, 6) is 0.0624. The van der Waals surface area contributed by atoms with Crippen LogP contribution in [0.1, 0.15) is 23.7 Å². The maximum absolute atomic E-state index is 12.8. The van der Waals surface area contributed by atoms with Crippen molar-refractivity contribution < 1.29 is 4.79 Å². The Morgan fingerprint density at radius 1 is 1.10 bits per heavy atom. The summed E-state index contributed by atoms with van der Waals surface area (Å²) in [6.45, 7) is 10.6. The summed E-state index contributed by atoms with van der Waals surface area (Å²) in [7, 11) is 0. The number of carbonyl (C=O) groups is 1. The normalized spacial score (nSPS) is 16.2. The number of aryl methyl sites for hydroxylation is 2. The lowest BCUT2D eigenvalue weighted by Gasteiger charge is -2.37. The zero-order valence-electron chi connectivity index (χ0n) is 18.5. The summed E-state index contributed by atoms with van der Waals surface area (Å²) in [6.07, 6.45) is 0. The van der Waals surface area contributed by atoms with Crippen LogP contribution in [0.2, 0.25) is 0 Å². The van der Waals surface area contributed by atoms with E-state index in [0.717, 1.165) is 54.7 Å². The van der Waals surface area contributed by atoms with Crippen LogP contribution >= 0.6 is 11.3 Å². The molecule has 0 unspecified atom stereocenters. The van der Waals surface area contributed by atoms with Crippen molar-refractivity contribution in [3.63, 3.8) is 0 Å². The van der Waals surface area contributed by atoms with Gasteiger partial charge < -0.3 is 5.32 Å². The third-order valence-corrected chi connectivity index (χ3v) is 6.87. The second-order valence-corrected chi connectivity index (χ2v) is 9.16. The predicted molar refractivity (Wildman–Crippen MR) is 128 cm³/mol. The molecule has 2 heterocycles. The van der Waals surface area contributed by atoms with Crippen molar-refractivity contribution in [3.05, 3.63) is 70.7 Å². The van der Waals surface area contributed by atoms with Gasteiger partial charge in [-0.3, -0.25) is 14.6 Å². The third-order valence-electron chi connectivity index (χ3n) is 5.93. The smallest absolute Gasteiger partial charge is 0.241 e. The number of anilines is 1. The summed E-state index contributed by atoms with van der Waals surface area (Å²) < 4.78 is 0. The van der Waals surface area contributed by atoms with E-state index in [1.165, 1.54) is 11.1 Å². The highest BCUT2D eigenvalue weighted by molar-refractivity contribution is 7.13. The number of benzene rings is 2. The van der Waals surface area contributed by atoms with E-state index >= 15 is 0 Å². The van der Waals surface area contributed by atoms with Gasteiger partial charge in [-0.15, -0.1) is 11.3 Å². The lowest BCUT2D eigenvalue weighted by molar-refractivity contribution is -0.121. The molecule has 6 heteroatoms. The predicted octanol–water partition coefficient (Wildman–Crippen LogP) is 4.57. The first-order chi connectivity index (χ1) is 15.0.